The van der Waals surface area contributed by atoms with Crippen LogP contribution in [0.2, 0.25) is 0 Å². The van der Waals surface area contributed by atoms with Crippen LogP contribution in [0.3, 0.4) is 0 Å². The number of aliphatic hydroxyl groups excluding tert-OH is 2. The lowest BCUT2D eigenvalue weighted by molar-refractivity contribution is -0.0460. The minimum absolute atomic E-state index is 0.104. The summed E-state index contributed by atoms with van der Waals surface area (Å²) in [6.45, 7) is -0.590. The quantitative estimate of drug-likeness (QED) is 0.402. The van der Waals surface area contributed by atoms with Gasteiger partial charge in [0.1, 0.15) is 12.2 Å². The second-order valence-corrected chi connectivity index (χ2v) is 4.55. The Morgan fingerprint density at radius 2 is 2.19 bits per heavy atom. The first kappa shape index (κ1) is 13.9. The first-order chi connectivity index (χ1) is 9.95. The van der Waals surface area contributed by atoms with E-state index in [1.807, 2.05) is 0 Å². The predicted octanol–water partition coefficient (Wildman–Crippen LogP) is -1.32. The Hall–Kier alpha value is -2.11. The Morgan fingerprint density at radius 3 is 2.81 bits per heavy atom. The smallest absolute Gasteiger partial charge is 0.326 e. The molecule has 1 saturated heterocycles. The molecule has 0 aliphatic carbocycles. The number of ether oxygens (including phenoxy) is 1. The minimum Gasteiger partial charge on any atom is -0.423 e. The van der Waals surface area contributed by atoms with E-state index in [1.165, 1.54) is 0 Å². The maximum atomic E-state index is 14.0. The highest BCUT2D eigenvalue weighted by Gasteiger charge is 2.45. The molecule has 3 rings (SSSR count). The number of halogens is 2. The van der Waals surface area contributed by atoms with Crippen LogP contribution < -0.4 is 5.49 Å². The van der Waals surface area contributed by atoms with Crippen LogP contribution in [-0.2, 0) is 4.74 Å². The first-order valence-corrected chi connectivity index (χ1v) is 5.93. The van der Waals surface area contributed by atoms with Gasteiger partial charge in [0.2, 0.25) is 0 Å². The Morgan fingerprint density at radius 1 is 1.48 bits per heavy atom. The van der Waals surface area contributed by atoms with Gasteiger partial charge in [-0.05, 0) is 0 Å². The van der Waals surface area contributed by atoms with E-state index in [9.17, 15) is 19.1 Å². The molecule has 1 aliphatic heterocycles. The monoisotopic (exact) mass is 303 g/mol. The molecular weight excluding hydrogens is 292 g/mol. The van der Waals surface area contributed by atoms with Crippen LogP contribution >= 0.6 is 0 Å². The van der Waals surface area contributed by atoms with Crippen LogP contribution in [0.1, 0.15) is 6.23 Å². The fourth-order valence-electron chi connectivity index (χ4n) is 2.22. The van der Waals surface area contributed by atoms with E-state index in [0.29, 0.717) is 0 Å². The molecule has 3 heterocycles. The summed E-state index contributed by atoms with van der Waals surface area (Å²) in [5, 5.41) is 35.3. The van der Waals surface area contributed by atoms with Gasteiger partial charge in [0.05, 0.1) is 12.9 Å². The SMILES string of the molecule is N=c1c2ncn([C@@H]3O[C@H](CO)[C@@H](O)[C@@H]3F)c2nc(F)n1O. The largest absolute Gasteiger partial charge is 0.423 e. The van der Waals surface area contributed by atoms with Gasteiger partial charge in [0.25, 0.3) is 0 Å². The van der Waals surface area contributed by atoms with Crippen molar-refractivity contribution in [1.82, 2.24) is 19.3 Å². The fraction of sp³-hybridized carbons (Fsp3) is 0.500. The minimum atomic E-state index is -1.89. The normalized spacial score (nSPS) is 29.3. The number of imidazole rings is 1. The van der Waals surface area contributed by atoms with Crippen molar-refractivity contribution in [1.29, 1.82) is 5.41 Å². The zero-order valence-electron chi connectivity index (χ0n) is 10.4. The Bertz CT molecular complexity index is 747. The van der Waals surface area contributed by atoms with E-state index < -0.39 is 42.8 Å². The van der Waals surface area contributed by atoms with Gasteiger partial charge >= 0.3 is 6.08 Å². The van der Waals surface area contributed by atoms with Gasteiger partial charge in [0, 0.05) is 0 Å². The molecule has 1 aliphatic rings. The standard InChI is InChI=1S/C10H11F2N5O4/c11-4-6(19)3(1-18)21-9(4)16-2-14-5-7(13)17(20)10(12)15-8(5)16/h2-4,6,9,13,18-20H,1H2/t3-,4+,6-,9-/m1/s1. The Balaban J connectivity index is 2.12. The fourth-order valence-corrected chi connectivity index (χ4v) is 2.22. The third-order valence-corrected chi connectivity index (χ3v) is 3.32. The predicted molar refractivity (Wildman–Crippen MR) is 60.4 cm³/mol. The molecule has 0 amide bonds. The Labute approximate surface area is 115 Å². The molecule has 4 N–H and O–H groups in total. The number of hydrogen-bond acceptors (Lipinski definition) is 7. The number of alkyl halides is 1. The molecule has 0 unspecified atom stereocenters. The van der Waals surface area contributed by atoms with E-state index in [2.05, 4.69) is 9.97 Å². The van der Waals surface area contributed by atoms with Gasteiger partial charge < -0.3 is 20.2 Å². The lowest BCUT2D eigenvalue weighted by atomic mass is 10.1. The molecule has 21 heavy (non-hydrogen) atoms. The number of nitrogens with one attached hydrogen (secondary N) is 1. The van der Waals surface area contributed by atoms with Crippen molar-refractivity contribution in [3.63, 3.8) is 0 Å². The van der Waals surface area contributed by atoms with E-state index in [4.69, 9.17) is 15.3 Å². The second kappa shape index (κ2) is 4.72. The summed E-state index contributed by atoms with van der Waals surface area (Å²) >= 11 is 0. The number of rotatable bonds is 2. The van der Waals surface area contributed by atoms with E-state index in [-0.39, 0.29) is 15.9 Å². The average molecular weight is 303 g/mol. The molecule has 0 aromatic carbocycles. The van der Waals surface area contributed by atoms with E-state index >= 15 is 0 Å². The van der Waals surface area contributed by atoms with Gasteiger partial charge in [-0.2, -0.15) is 9.37 Å². The highest BCUT2D eigenvalue weighted by molar-refractivity contribution is 5.68. The molecule has 11 heteroatoms. The van der Waals surface area contributed by atoms with Crippen molar-refractivity contribution in [2.24, 2.45) is 0 Å². The summed E-state index contributed by atoms with van der Waals surface area (Å²) in [4.78, 5) is 7.14. The maximum Gasteiger partial charge on any atom is 0.326 e. The average Bonchev–Trinajstić information content (AvgIpc) is 2.99. The van der Waals surface area contributed by atoms with Gasteiger partial charge in [-0.25, -0.2) is 9.37 Å². The molecule has 2 aromatic heterocycles. The lowest BCUT2D eigenvalue weighted by Gasteiger charge is -2.15. The van der Waals surface area contributed by atoms with Crippen LogP contribution in [-0.4, -0.2) is 59.7 Å². The van der Waals surface area contributed by atoms with Crippen LogP contribution in [0.5, 0.6) is 0 Å². The van der Waals surface area contributed by atoms with Crippen LogP contribution in [0, 0.1) is 11.5 Å². The van der Waals surface area contributed by atoms with Gasteiger partial charge in [0.15, 0.2) is 29.1 Å². The number of fused-ring (bicyclic) bond motifs is 1. The number of aromatic nitrogens is 4. The second-order valence-electron chi connectivity index (χ2n) is 4.55. The summed E-state index contributed by atoms with van der Waals surface area (Å²) in [5.41, 5.74) is -1.05. The molecule has 0 saturated carbocycles. The summed E-state index contributed by atoms with van der Waals surface area (Å²) < 4.78 is 33.5. The van der Waals surface area contributed by atoms with E-state index in [0.717, 1.165) is 10.9 Å². The topological polar surface area (TPSA) is 129 Å². The highest BCUT2D eigenvalue weighted by atomic mass is 19.1. The molecular formula is C10H11F2N5O4. The summed E-state index contributed by atoms with van der Waals surface area (Å²) in [6, 6.07) is 0. The third kappa shape index (κ3) is 1.89. The van der Waals surface area contributed by atoms with Crippen LogP contribution in [0.4, 0.5) is 8.78 Å². The molecule has 2 aromatic rings. The molecule has 0 spiro atoms. The van der Waals surface area contributed by atoms with Crippen molar-refractivity contribution < 1.29 is 28.9 Å². The molecule has 114 valence electrons. The van der Waals surface area contributed by atoms with Gasteiger partial charge in [-0.3, -0.25) is 9.98 Å². The maximum absolute atomic E-state index is 14.0. The highest BCUT2D eigenvalue weighted by Crippen LogP contribution is 2.32. The van der Waals surface area contributed by atoms with E-state index in [1.54, 1.807) is 0 Å². The van der Waals surface area contributed by atoms with Crippen molar-refractivity contribution in [2.45, 2.75) is 24.6 Å². The lowest BCUT2D eigenvalue weighted by Crippen LogP contribution is -2.30. The van der Waals surface area contributed by atoms with Gasteiger partial charge in [-0.1, -0.05) is 0 Å². The molecule has 1 fully saturated rings. The molecule has 0 bridgehead atoms. The van der Waals surface area contributed by atoms with Gasteiger partial charge in [-0.15, -0.1) is 4.73 Å². The molecule has 0 radical (unpaired) electrons. The zero-order chi connectivity index (χ0) is 15.3. The van der Waals surface area contributed by atoms with Crippen molar-refractivity contribution in [2.75, 3.05) is 6.61 Å². The van der Waals surface area contributed by atoms with Crippen molar-refractivity contribution >= 4 is 11.2 Å². The van der Waals surface area contributed by atoms with Crippen LogP contribution in [0.15, 0.2) is 6.33 Å². The summed E-state index contributed by atoms with van der Waals surface area (Å²) in [6.07, 6.45) is -6.26. The summed E-state index contributed by atoms with van der Waals surface area (Å²) in [5.74, 6) is 0. The zero-order valence-corrected chi connectivity index (χ0v) is 10.4. The summed E-state index contributed by atoms with van der Waals surface area (Å²) in [7, 11) is 0. The molecule has 4 atom stereocenters. The Kier molecular flexibility index (Phi) is 3.11. The van der Waals surface area contributed by atoms with Crippen molar-refractivity contribution in [3.05, 3.63) is 17.9 Å². The van der Waals surface area contributed by atoms with Crippen molar-refractivity contribution in [3.8, 4) is 0 Å². The molecule has 9 nitrogen and oxygen atoms in total. The number of hydrogen-bond donors (Lipinski definition) is 4. The van der Waals surface area contributed by atoms with Crippen LogP contribution in [0.25, 0.3) is 11.2 Å². The number of aliphatic hydroxyl groups is 2. The third-order valence-electron chi connectivity index (χ3n) is 3.32. The number of nitrogens with zero attached hydrogens (tertiary/aromatic N) is 4. The first-order valence-electron chi connectivity index (χ1n) is 5.93.